The summed E-state index contributed by atoms with van der Waals surface area (Å²) in [5, 5.41) is 18.8. The van der Waals surface area contributed by atoms with E-state index in [-0.39, 0.29) is 6.42 Å². The van der Waals surface area contributed by atoms with Crippen LogP contribution in [0.4, 0.5) is 14.6 Å². The van der Waals surface area contributed by atoms with Gasteiger partial charge in [0.1, 0.15) is 5.82 Å². The summed E-state index contributed by atoms with van der Waals surface area (Å²) in [4.78, 5) is 27.9. The van der Waals surface area contributed by atoms with Crippen molar-refractivity contribution in [3.63, 3.8) is 0 Å². The molecule has 1 unspecified atom stereocenters. The van der Waals surface area contributed by atoms with Gasteiger partial charge < -0.3 is 10.4 Å². The summed E-state index contributed by atoms with van der Waals surface area (Å²) < 4.78 is 28.3. The second kappa shape index (κ2) is 9.90. The molecule has 3 N–H and O–H groups in total. The summed E-state index contributed by atoms with van der Waals surface area (Å²) in [5.74, 6) is -3.30. The fourth-order valence-corrected chi connectivity index (χ4v) is 3.01. The first-order chi connectivity index (χ1) is 14.9. The van der Waals surface area contributed by atoms with Crippen LogP contribution in [0.1, 0.15) is 12.5 Å². The van der Waals surface area contributed by atoms with E-state index < -0.39 is 36.1 Å². The third-order valence-corrected chi connectivity index (χ3v) is 4.55. The summed E-state index contributed by atoms with van der Waals surface area (Å²) in [6, 6.07) is 7.56. The van der Waals surface area contributed by atoms with Crippen LogP contribution in [0.25, 0.3) is 11.3 Å². The summed E-state index contributed by atoms with van der Waals surface area (Å²) >= 11 is 0. The topological polar surface area (TPSA) is 109 Å². The van der Waals surface area contributed by atoms with Gasteiger partial charge >= 0.3 is 5.97 Å². The average Bonchev–Trinajstić information content (AvgIpc) is 3.16. The Balaban J connectivity index is 1.81. The number of rotatable bonds is 9. The van der Waals surface area contributed by atoms with Crippen LogP contribution in [-0.2, 0) is 22.6 Å². The van der Waals surface area contributed by atoms with Crippen LogP contribution < -0.4 is 10.6 Å². The Morgan fingerprint density at radius 3 is 2.52 bits per heavy atom. The van der Waals surface area contributed by atoms with Crippen LogP contribution in [0.15, 0.2) is 48.8 Å². The predicted molar refractivity (Wildman–Crippen MR) is 109 cm³/mol. The van der Waals surface area contributed by atoms with Crippen LogP contribution >= 0.6 is 0 Å². The number of pyridine rings is 1. The van der Waals surface area contributed by atoms with E-state index in [2.05, 4.69) is 20.7 Å². The number of hydrogen-bond donors (Lipinski definition) is 3. The molecule has 0 aliphatic heterocycles. The number of hydrogen-bond acceptors (Lipinski definition) is 5. The number of carboxylic acid groups (broad SMARTS) is 1. The minimum absolute atomic E-state index is 0.0339. The third kappa shape index (κ3) is 5.70. The number of carboxylic acids is 1. The van der Waals surface area contributed by atoms with Crippen LogP contribution in [0, 0.1) is 11.6 Å². The van der Waals surface area contributed by atoms with E-state index in [4.69, 9.17) is 5.11 Å². The van der Waals surface area contributed by atoms with E-state index in [1.165, 1.54) is 6.07 Å². The van der Waals surface area contributed by atoms with Gasteiger partial charge in [0.2, 0.25) is 5.91 Å². The molecule has 3 aromatic rings. The number of benzene rings is 1. The van der Waals surface area contributed by atoms with Gasteiger partial charge in [-0.1, -0.05) is 6.07 Å². The third-order valence-electron chi connectivity index (χ3n) is 4.55. The zero-order valence-electron chi connectivity index (χ0n) is 16.7. The van der Waals surface area contributed by atoms with E-state index >= 15 is 0 Å². The SMILES string of the molecule is CCn1nc(-c2ccncc2)cc1NC(=O)C(Cc1ccc(F)c(F)c1)NCC(=O)O. The largest absolute Gasteiger partial charge is 0.480 e. The monoisotopic (exact) mass is 429 g/mol. The van der Waals surface area contributed by atoms with Gasteiger partial charge in [-0.15, -0.1) is 0 Å². The molecule has 2 aromatic heterocycles. The maximum atomic E-state index is 13.5. The molecule has 0 spiro atoms. The molecule has 0 fully saturated rings. The molecule has 0 radical (unpaired) electrons. The number of anilines is 1. The summed E-state index contributed by atoms with van der Waals surface area (Å²) in [7, 11) is 0. The smallest absolute Gasteiger partial charge is 0.317 e. The van der Waals surface area contributed by atoms with Crippen molar-refractivity contribution < 1.29 is 23.5 Å². The molecule has 0 aliphatic rings. The van der Waals surface area contributed by atoms with E-state index in [1.54, 1.807) is 35.3 Å². The lowest BCUT2D eigenvalue weighted by molar-refractivity contribution is -0.136. The lowest BCUT2D eigenvalue weighted by Gasteiger charge is -2.18. The summed E-state index contributed by atoms with van der Waals surface area (Å²) in [6.07, 6.45) is 3.23. The zero-order chi connectivity index (χ0) is 22.4. The second-order valence-electron chi connectivity index (χ2n) is 6.74. The van der Waals surface area contributed by atoms with E-state index in [0.29, 0.717) is 23.6 Å². The summed E-state index contributed by atoms with van der Waals surface area (Å²) in [5.41, 5.74) is 1.80. The quantitative estimate of drug-likeness (QED) is 0.482. The normalized spacial score (nSPS) is 11.8. The fraction of sp³-hybridized carbons (Fsp3) is 0.238. The van der Waals surface area contributed by atoms with Crippen LogP contribution in [-0.4, -0.2) is 44.3 Å². The molecule has 1 atom stereocenters. The highest BCUT2D eigenvalue weighted by atomic mass is 19.2. The fourth-order valence-electron chi connectivity index (χ4n) is 3.01. The molecule has 10 heteroatoms. The van der Waals surface area contributed by atoms with Gasteiger partial charge in [0.05, 0.1) is 18.3 Å². The van der Waals surface area contributed by atoms with Gasteiger partial charge in [-0.05, 0) is 43.2 Å². The Morgan fingerprint density at radius 2 is 1.87 bits per heavy atom. The van der Waals surface area contributed by atoms with Crippen LogP contribution in [0.3, 0.4) is 0 Å². The predicted octanol–water partition coefficient (Wildman–Crippen LogP) is 2.47. The molecule has 0 aliphatic carbocycles. The standard InChI is InChI=1S/C21H21F2N5O3/c1-2-28-19(11-17(27-28)14-5-7-24-8-6-14)26-21(31)18(25-12-20(29)30)10-13-3-4-15(22)16(23)9-13/h3-9,11,18,25H,2,10,12H2,1H3,(H,26,31)(H,29,30). The number of carbonyl (C=O) groups excluding carboxylic acids is 1. The second-order valence-corrected chi connectivity index (χ2v) is 6.74. The maximum Gasteiger partial charge on any atom is 0.317 e. The first-order valence-electron chi connectivity index (χ1n) is 9.55. The van der Waals surface area contributed by atoms with Gasteiger partial charge in [-0.2, -0.15) is 5.10 Å². The number of aliphatic carboxylic acids is 1. The van der Waals surface area contributed by atoms with Crippen molar-refractivity contribution in [2.45, 2.75) is 25.9 Å². The molecular weight excluding hydrogens is 408 g/mol. The molecule has 0 bridgehead atoms. The number of carbonyl (C=O) groups is 2. The molecule has 0 saturated heterocycles. The van der Waals surface area contributed by atoms with Crippen molar-refractivity contribution in [2.24, 2.45) is 0 Å². The van der Waals surface area contributed by atoms with Crippen molar-refractivity contribution in [3.05, 3.63) is 66.0 Å². The van der Waals surface area contributed by atoms with Crippen molar-refractivity contribution in [1.82, 2.24) is 20.1 Å². The van der Waals surface area contributed by atoms with E-state index in [9.17, 15) is 18.4 Å². The van der Waals surface area contributed by atoms with Crippen molar-refractivity contribution in [2.75, 3.05) is 11.9 Å². The van der Waals surface area contributed by atoms with Crippen molar-refractivity contribution in [3.8, 4) is 11.3 Å². The zero-order valence-corrected chi connectivity index (χ0v) is 16.7. The number of aryl methyl sites for hydroxylation is 1. The number of nitrogens with one attached hydrogen (secondary N) is 2. The Hall–Kier alpha value is -3.66. The maximum absolute atomic E-state index is 13.5. The van der Waals surface area contributed by atoms with Crippen molar-refractivity contribution in [1.29, 1.82) is 0 Å². The first kappa shape index (κ1) is 22.0. The average molecular weight is 429 g/mol. The van der Waals surface area contributed by atoms with Crippen LogP contribution in [0.5, 0.6) is 0 Å². The van der Waals surface area contributed by atoms with Crippen LogP contribution in [0.2, 0.25) is 0 Å². The molecule has 8 nitrogen and oxygen atoms in total. The Morgan fingerprint density at radius 1 is 1.13 bits per heavy atom. The molecule has 1 aromatic carbocycles. The molecule has 3 rings (SSSR count). The number of halogens is 2. The number of nitrogens with zero attached hydrogens (tertiary/aromatic N) is 3. The number of amides is 1. The van der Waals surface area contributed by atoms with Gasteiger partial charge in [0.25, 0.3) is 0 Å². The van der Waals surface area contributed by atoms with Gasteiger partial charge in [0, 0.05) is 30.6 Å². The van der Waals surface area contributed by atoms with Crippen molar-refractivity contribution >= 4 is 17.7 Å². The first-order valence-corrected chi connectivity index (χ1v) is 9.55. The highest BCUT2D eigenvalue weighted by molar-refractivity contribution is 5.95. The minimum atomic E-state index is -1.15. The number of aromatic nitrogens is 3. The highest BCUT2D eigenvalue weighted by Crippen LogP contribution is 2.22. The van der Waals surface area contributed by atoms with Gasteiger partial charge in [0.15, 0.2) is 11.6 Å². The van der Waals surface area contributed by atoms with E-state index in [1.807, 2.05) is 6.92 Å². The molecule has 0 saturated carbocycles. The molecule has 31 heavy (non-hydrogen) atoms. The lowest BCUT2D eigenvalue weighted by atomic mass is 10.0. The minimum Gasteiger partial charge on any atom is -0.480 e. The molecular formula is C21H21F2N5O3. The van der Waals surface area contributed by atoms with Gasteiger partial charge in [-0.25, -0.2) is 13.5 Å². The summed E-state index contributed by atoms with van der Waals surface area (Å²) in [6.45, 7) is 1.87. The Bertz CT molecular complexity index is 1070. The highest BCUT2D eigenvalue weighted by Gasteiger charge is 2.22. The molecule has 162 valence electrons. The van der Waals surface area contributed by atoms with Gasteiger partial charge in [-0.3, -0.25) is 19.9 Å². The lowest BCUT2D eigenvalue weighted by Crippen LogP contribution is -2.44. The molecule has 1 amide bonds. The Kier molecular flexibility index (Phi) is 7.03. The molecule has 2 heterocycles. The van der Waals surface area contributed by atoms with E-state index in [0.717, 1.165) is 17.7 Å². The Labute approximate surface area is 176 Å².